The molecule has 0 aromatic rings. The standard InChI is InChI=1S/C38H71NO13/c1-15-26-38(10,47-14)31(42)21(4)28(40)19(2)17-36(8,45)33(52-35-29(41)25(39(11)12)16-20(3)48-35)22(5)30(23(6)34(44)50-26)51-27-18-37(9,46-13)32(43)24(7)49-27/h19-33,35,40-43,45H,15-18H2,1-14H3/t19-,20-,21-,22+,23-,24+,25+,26+,27+,28+,29-,30-,31-,32+,33-,35+,36+,37-,38-/m1/s1. The average molecular weight is 750 g/mol. The largest absolute Gasteiger partial charge is 0.459 e. The van der Waals surface area contributed by atoms with E-state index in [2.05, 4.69) is 0 Å². The van der Waals surface area contributed by atoms with Gasteiger partial charge >= 0.3 is 5.97 Å². The van der Waals surface area contributed by atoms with Crippen molar-refractivity contribution < 1.29 is 63.5 Å². The Morgan fingerprint density at radius 3 is 2.00 bits per heavy atom. The van der Waals surface area contributed by atoms with Crippen LogP contribution in [0.3, 0.4) is 0 Å². The van der Waals surface area contributed by atoms with Crippen LogP contribution in [0.25, 0.3) is 0 Å². The van der Waals surface area contributed by atoms with E-state index in [1.165, 1.54) is 14.2 Å². The van der Waals surface area contributed by atoms with Crippen LogP contribution in [0.2, 0.25) is 0 Å². The lowest BCUT2D eigenvalue weighted by Gasteiger charge is -2.49. The van der Waals surface area contributed by atoms with Crippen molar-refractivity contribution in [2.24, 2.45) is 23.7 Å². The van der Waals surface area contributed by atoms with Crippen LogP contribution >= 0.6 is 0 Å². The minimum absolute atomic E-state index is 0.00701. The van der Waals surface area contributed by atoms with Crippen LogP contribution in [0.1, 0.15) is 94.9 Å². The second-order valence-corrected chi connectivity index (χ2v) is 16.9. The Morgan fingerprint density at radius 1 is 0.846 bits per heavy atom. The number of nitrogens with zero attached hydrogens (tertiary/aromatic N) is 1. The number of carbonyl (C=O) groups is 1. The van der Waals surface area contributed by atoms with Crippen molar-refractivity contribution in [3.63, 3.8) is 0 Å². The van der Waals surface area contributed by atoms with Crippen LogP contribution < -0.4 is 0 Å². The zero-order valence-corrected chi connectivity index (χ0v) is 34.0. The first-order valence-electron chi connectivity index (χ1n) is 19.0. The zero-order chi connectivity index (χ0) is 39.7. The van der Waals surface area contributed by atoms with Crippen molar-refractivity contribution in [1.82, 2.24) is 4.90 Å². The van der Waals surface area contributed by atoms with Crippen molar-refractivity contribution in [2.45, 2.75) is 185 Å². The fourth-order valence-electron chi connectivity index (χ4n) is 8.82. The van der Waals surface area contributed by atoms with Crippen LogP contribution in [-0.2, 0) is 38.0 Å². The third-order valence-corrected chi connectivity index (χ3v) is 12.5. The molecule has 0 aliphatic carbocycles. The lowest BCUT2D eigenvalue weighted by Crippen LogP contribution is -2.61. The molecule has 52 heavy (non-hydrogen) atoms. The maximum atomic E-state index is 14.3. The molecule has 0 aromatic heterocycles. The van der Waals surface area contributed by atoms with Gasteiger partial charge in [-0.25, -0.2) is 0 Å². The number of ether oxygens (including phenoxy) is 7. The topological polar surface area (TPSA) is 186 Å². The van der Waals surface area contributed by atoms with Gasteiger partial charge in [0, 0.05) is 38.5 Å². The monoisotopic (exact) mass is 749 g/mol. The first-order valence-corrected chi connectivity index (χ1v) is 19.0. The highest BCUT2D eigenvalue weighted by atomic mass is 16.7. The van der Waals surface area contributed by atoms with E-state index in [9.17, 15) is 30.3 Å². The SMILES string of the molecule is CC[C@@H]1OC(=O)[C@H](C)[C@H](O[C@H]2C[C@@](C)(OC)[C@@H](O)[C@H](C)O2)[C@H](C)[C@@H](O[C@@H]2O[C@H](C)C[C@H](N(C)C)[C@H]2O)[C@@](C)(O)C[C@@H](C)[C@H](O)[C@@H](C)[C@@H](O)[C@]1(C)OC. The number of methoxy groups -OCH3 is 2. The van der Waals surface area contributed by atoms with Gasteiger partial charge in [-0.1, -0.05) is 27.7 Å². The molecule has 306 valence electrons. The molecule has 3 aliphatic heterocycles. The molecule has 3 aliphatic rings. The van der Waals surface area contributed by atoms with Gasteiger partial charge in [0.2, 0.25) is 0 Å². The van der Waals surface area contributed by atoms with Gasteiger partial charge in [-0.3, -0.25) is 4.79 Å². The summed E-state index contributed by atoms with van der Waals surface area (Å²) in [5.41, 5.74) is -4.12. The summed E-state index contributed by atoms with van der Waals surface area (Å²) >= 11 is 0. The lowest BCUT2D eigenvalue weighted by atomic mass is 9.73. The average Bonchev–Trinajstić information content (AvgIpc) is 3.08. The number of esters is 1. The molecular weight excluding hydrogens is 678 g/mol. The normalized spacial score (nSPS) is 50.4. The van der Waals surface area contributed by atoms with Crippen LogP contribution in [0.5, 0.6) is 0 Å². The fraction of sp³-hybridized carbons (Fsp3) is 0.974. The quantitative estimate of drug-likeness (QED) is 0.228. The number of rotatable bonds is 8. The minimum Gasteiger partial charge on any atom is -0.459 e. The summed E-state index contributed by atoms with van der Waals surface area (Å²) in [5, 5.41) is 58.3. The number of aliphatic hydroxyl groups excluding tert-OH is 4. The third-order valence-electron chi connectivity index (χ3n) is 12.5. The summed E-state index contributed by atoms with van der Waals surface area (Å²) in [6, 6.07) is -0.298. The second-order valence-electron chi connectivity index (χ2n) is 16.9. The van der Waals surface area contributed by atoms with E-state index in [4.69, 9.17) is 33.2 Å². The molecule has 0 unspecified atom stereocenters. The maximum Gasteiger partial charge on any atom is 0.311 e. The molecule has 0 bridgehead atoms. The molecule has 0 aromatic carbocycles. The van der Waals surface area contributed by atoms with Gasteiger partial charge in [0.15, 0.2) is 12.6 Å². The smallest absolute Gasteiger partial charge is 0.311 e. The predicted molar refractivity (Wildman–Crippen MR) is 192 cm³/mol. The van der Waals surface area contributed by atoms with Gasteiger partial charge in [0.25, 0.3) is 0 Å². The van der Waals surface area contributed by atoms with Gasteiger partial charge in [0.05, 0.1) is 53.7 Å². The Morgan fingerprint density at radius 2 is 1.46 bits per heavy atom. The van der Waals surface area contributed by atoms with Crippen LogP contribution in [0.4, 0.5) is 0 Å². The van der Waals surface area contributed by atoms with Gasteiger partial charge in [0.1, 0.15) is 23.9 Å². The van der Waals surface area contributed by atoms with E-state index < -0.39 is 108 Å². The summed E-state index contributed by atoms with van der Waals surface area (Å²) in [4.78, 5) is 16.2. The number of cyclic esters (lactones) is 1. The van der Waals surface area contributed by atoms with Crippen LogP contribution in [-0.4, -0.2) is 155 Å². The molecule has 19 atom stereocenters. The molecule has 0 amide bonds. The molecule has 3 fully saturated rings. The van der Waals surface area contributed by atoms with Gasteiger partial charge in [-0.05, 0) is 80.8 Å². The molecule has 3 heterocycles. The fourth-order valence-corrected chi connectivity index (χ4v) is 8.82. The molecule has 14 heteroatoms. The second kappa shape index (κ2) is 17.8. The Bertz CT molecular complexity index is 1140. The molecule has 3 rings (SSSR count). The molecule has 0 spiro atoms. The summed E-state index contributed by atoms with van der Waals surface area (Å²) in [7, 11) is 6.67. The van der Waals surface area contributed by atoms with E-state index in [0.29, 0.717) is 12.8 Å². The van der Waals surface area contributed by atoms with E-state index in [-0.39, 0.29) is 25.0 Å². The highest BCUT2D eigenvalue weighted by Crippen LogP contribution is 2.41. The Hall–Kier alpha value is -1.01. The number of carbonyl (C=O) groups excluding carboxylic acids is 1. The van der Waals surface area contributed by atoms with Crippen molar-refractivity contribution in [1.29, 1.82) is 0 Å². The van der Waals surface area contributed by atoms with Crippen molar-refractivity contribution in [2.75, 3.05) is 28.3 Å². The molecule has 3 saturated heterocycles. The third kappa shape index (κ3) is 9.50. The first-order chi connectivity index (χ1) is 24.0. The van der Waals surface area contributed by atoms with Gasteiger partial charge in [-0.2, -0.15) is 0 Å². The number of likely N-dealkylation sites (N-methyl/N-ethyl adjacent to an activating group) is 1. The summed E-state index contributed by atoms with van der Waals surface area (Å²) in [5.74, 6) is -3.74. The van der Waals surface area contributed by atoms with Crippen molar-refractivity contribution >= 4 is 5.97 Å². The Balaban J connectivity index is 2.20. The van der Waals surface area contributed by atoms with Crippen LogP contribution in [0.15, 0.2) is 0 Å². The lowest BCUT2D eigenvalue weighted by molar-refractivity contribution is -0.318. The molecule has 0 radical (unpaired) electrons. The first kappa shape index (κ1) is 45.4. The van der Waals surface area contributed by atoms with E-state index in [0.717, 1.165) is 0 Å². The maximum absolute atomic E-state index is 14.3. The number of hydrogen-bond donors (Lipinski definition) is 5. The summed E-state index contributed by atoms with van der Waals surface area (Å²) < 4.78 is 43.4. The van der Waals surface area contributed by atoms with E-state index in [1.54, 1.807) is 55.4 Å². The van der Waals surface area contributed by atoms with E-state index >= 15 is 0 Å². The Kier molecular flexibility index (Phi) is 15.6. The molecule has 0 saturated carbocycles. The van der Waals surface area contributed by atoms with Gasteiger partial charge in [-0.15, -0.1) is 0 Å². The zero-order valence-electron chi connectivity index (χ0n) is 34.0. The summed E-state index contributed by atoms with van der Waals surface area (Å²) in [6.07, 6.45) is -9.53. The number of hydrogen-bond acceptors (Lipinski definition) is 14. The number of aliphatic hydroxyl groups is 5. The molecular formula is C38H71NO13. The van der Waals surface area contributed by atoms with Crippen molar-refractivity contribution in [3.8, 4) is 0 Å². The van der Waals surface area contributed by atoms with Crippen LogP contribution in [0, 0.1) is 23.7 Å². The molecule has 14 nitrogen and oxygen atoms in total. The highest BCUT2D eigenvalue weighted by molar-refractivity contribution is 5.73. The Labute approximate surface area is 311 Å². The van der Waals surface area contributed by atoms with E-state index in [1.807, 2.05) is 32.8 Å². The van der Waals surface area contributed by atoms with Crippen molar-refractivity contribution in [3.05, 3.63) is 0 Å². The minimum atomic E-state index is -1.70. The predicted octanol–water partition coefficient (Wildman–Crippen LogP) is 2.23. The van der Waals surface area contributed by atoms with Gasteiger partial charge < -0.3 is 63.6 Å². The molecule has 5 N–H and O–H groups in total. The highest BCUT2D eigenvalue weighted by Gasteiger charge is 2.54. The summed E-state index contributed by atoms with van der Waals surface area (Å²) in [6.45, 7) is 17.4.